The lowest BCUT2D eigenvalue weighted by Crippen LogP contribution is -2.10. The van der Waals surface area contributed by atoms with E-state index in [-0.39, 0.29) is 18.8 Å². The first-order valence-corrected chi connectivity index (χ1v) is 6.44. The van der Waals surface area contributed by atoms with E-state index in [2.05, 4.69) is 0 Å². The number of hydrogen-bond donors (Lipinski definition) is 2. The molecule has 0 fully saturated rings. The van der Waals surface area contributed by atoms with Crippen LogP contribution in [0, 0.1) is 0 Å². The summed E-state index contributed by atoms with van der Waals surface area (Å²) in [5.41, 5.74) is 7.97. The summed E-state index contributed by atoms with van der Waals surface area (Å²) < 4.78 is 10.4. The van der Waals surface area contributed by atoms with E-state index in [0.29, 0.717) is 11.4 Å². The summed E-state index contributed by atoms with van der Waals surface area (Å²) in [5, 5.41) is 8.97. The minimum absolute atomic E-state index is 0.0161. The molecule has 0 saturated heterocycles. The van der Waals surface area contributed by atoms with Crippen molar-refractivity contribution in [3.8, 4) is 5.75 Å². The molecule has 0 amide bonds. The van der Waals surface area contributed by atoms with Gasteiger partial charge in [-0.3, -0.25) is 0 Å². The summed E-state index contributed by atoms with van der Waals surface area (Å²) in [6.07, 6.45) is 0. The number of aliphatic hydroxyl groups excluding tert-OH is 1. The zero-order chi connectivity index (χ0) is 15.2. The van der Waals surface area contributed by atoms with Crippen LogP contribution in [0.1, 0.15) is 21.5 Å². The molecule has 5 nitrogen and oxygen atoms in total. The Morgan fingerprint density at radius 1 is 1.14 bits per heavy atom. The molecule has 3 N–H and O–H groups in total. The Morgan fingerprint density at radius 3 is 2.43 bits per heavy atom. The van der Waals surface area contributed by atoms with Crippen LogP contribution in [0.5, 0.6) is 5.75 Å². The van der Waals surface area contributed by atoms with Crippen molar-refractivity contribution < 1.29 is 19.4 Å². The van der Waals surface area contributed by atoms with E-state index in [0.717, 1.165) is 11.1 Å². The molecule has 0 radical (unpaired) electrons. The van der Waals surface area contributed by atoms with Gasteiger partial charge in [0.05, 0.1) is 13.7 Å². The summed E-state index contributed by atoms with van der Waals surface area (Å²) >= 11 is 0. The molecule has 0 aliphatic rings. The van der Waals surface area contributed by atoms with Crippen molar-refractivity contribution in [1.82, 2.24) is 0 Å². The molecule has 5 heteroatoms. The van der Waals surface area contributed by atoms with Crippen molar-refractivity contribution in [2.75, 3.05) is 12.8 Å². The van der Waals surface area contributed by atoms with Crippen LogP contribution >= 0.6 is 0 Å². The van der Waals surface area contributed by atoms with Gasteiger partial charge in [-0.05, 0) is 23.3 Å². The second-order valence-electron chi connectivity index (χ2n) is 4.48. The summed E-state index contributed by atoms with van der Waals surface area (Å²) in [6, 6.07) is 12.1. The van der Waals surface area contributed by atoms with Gasteiger partial charge >= 0.3 is 5.97 Å². The van der Waals surface area contributed by atoms with Crippen molar-refractivity contribution in [3.05, 3.63) is 59.2 Å². The lowest BCUT2D eigenvalue weighted by Gasteiger charge is -2.11. The molecule has 0 aliphatic carbocycles. The Balaban J connectivity index is 2.08. The molecular formula is C16H17NO4. The number of benzene rings is 2. The number of hydrogen-bond acceptors (Lipinski definition) is 5. The average Bonchev–Trinajstić information content (AvgIpc) is 2.52. The van der Waals surface area contributed by atoms with Crippen LogP contribution in [0.2, 0.25) is 0 Å². The van der Waals surface area contributed by atoms with Gasteiger partial charge in [0, 0.05) is 5.69 Å². The fraction of sp³-hybridized carbons (Fsp3) is 0.188. The molecule has 0 aliphatic heterocycles. The van der Waals surface area contributed by atoms with Gasteiger partial charge in [0.25, 0.3) is 0 Å². The van der Waals surface area contributed by atoms with E-state index in [4.69, 9.17) is 20.3 Å². The summed E-state index contributed by atoms with van der Waals surface area (Å²) in [6.45, 7) is 0.111. The van der Waals surface area contributed by atoms with Crippen LogP contribution in [0.4, 0.5) is 5.69 Å². The lowest BCUT2D eigenvalue weighted by atomic mass is 10.1. The predicted molar refractivity (Wildman–Crippen MR) is 78.9 cm³/mol. The molecule has 110 valence electrons. The molecule has 2 aromatic rings. The van der Waals surface area contributed by atoms with Gasteiger partial charge in [0.1, 0.15) is 17.9 Å². The Labute approximate surface area is 122 Å². The monoisotopic (exact) mass is 287 g/mol. The molecule has 0 spiro atoms. The van der Waals surface area contributed by atoms with Crippen molar-refractivity contribution in [2.45, 2.75) is 13.2 Å². The molecular weight excluding hydrogens is 270 g/mol. The number of carbonyl (C=O) groups excluding carboxylic acids is 1. The second kappa shape index (κ2) is 6.76. The quantitative estimate of drug-likeness (QED) is 0.650. The molecule has 2 aromatic carbocycles. The van der Waals surface area contributed by atoms with Crippen molar-refractivity contribution in [1.29, 1.82) is 0 Å². The van der Waals surface area contributed by atoms with Gasteiger partial charge in [-0.1, -0.05) is 30.3 Å². The number of ether oxygens (including phenoxy) is 2. The highest BCUT2D eigenvalue weighted by molar-refractivity contribution is 5.98. The Bertz CT molecular complexity index is 623. The van der Waals surface area contributed by atoms with Crippen LogP contribution in [0.3, 0.4) is 0 Å². The number of nitrogens with two attached hydrogens (primary N) is 1. The first-order valence-electron chi connectivity index (χ1n) is 6.44. The van der Waals surface area contributed by atoms with E-state index >= 15 is 0 Å². The summed E-state index contributed by atoms with van der Waals surface area (Å²) in [4.78, 5) is 12.1. The third-order valence-electron chi connectivity index (χ3n) is 3.06. The normalized spacial score (nSPS) is 10.2. The van der Waals surface area contributed by atoms with E-state index in [1.54, 1.807) is 42.5 Å². The Hall–Kier alpha value is -2.53. The number of methoxy groups -OCH3 is 1. The van der Waals surface area contributed by atoms with E-state index in [1.807, 2.05) is 0 Å². The highest BCUT2D eigenvalue weighted by Gasteiger charge is 2.17. The third kappa shape index (κ3) is 3.52. The van der Waals surface area contributed by atoms with E-state index in [1.165, 1.54) is 7.11 Å². The summed E-state index contributed by atoms with van der Waals surface area (Å²) in [5.74, 6) is -0.146. The van der Waals surface area contributed by atoms with Gasteiger partial charge in [0.15, 0.2) is 0 Å². The number of aliphatic hydroxyl groups is 1. The SMILES string of the molecule is COc1cccc(N)c1C(=O)OCc1ccc(CO)cc1. The fourth-order valence-corrected chi connectivity index (χ4v) is 1.90. The molecule has 2 rings (SSSR count). The Kier molecular flexibility index (Phi) is 4.79. The number of rotatable bonds is 5. The number of nitrogen functional groups attached to an aromatic ring is 1. The van der Waals surface area contributed by atoms with Crippen LogP contribution in [-0.2, 0) is 18.0 Å². The van der Waals surface area contributed by atoms with Crippen LogP contribution < -0.4 is 10.5 Å². The second-order valence-corrected chi connectivity index (χ2v) is 4.48. The first kappa shape index (κ1) is 14.9. The molecule has 21 heavy (non-hydrogen) atoms. The number of esters is 1. The van der Waals surface area contributed by atoms with Gasteiger partial charge in [0.2, 0.25) is 0 Å². The van der Waals surface area contributed by atoms with Crippen molar-refractivity contribution >= 4 is 11.7 Å². The molecule has 0 bridgehead atoms. The maximum absolute atomic E-state index is 12.1. The number of anilines is 1. The average molecular weight is 287 g/mol. The van der Waals surface area contributed by atoms with Crippen molar-refractivity contribution in [3.63, 3.8) is 0 Å². The molecule has 0 atom stereocenters. The maximum Gasteiger partial charge on any atom is 0.344 e. The minimum atomic E-state index is -0.531. The Morgan fingerprint density at radius 2 is 1.81 bits per heavy atom. The minimum Gasteiger partial charge on any atom is -0.496 e. The summed E-state index contributed by atoms with van der Waals surface area (Å²) in [7, 11) is 1.47. The van der Waals surface area contributed by atoms with Gasteiger partial charge in [-0.15, -0.1) is 0 Å². The van der Waals surface area contributed by atoms with Gasteiger partial charge in [-0.25, -0.2) is 4.79 Å². The van der Waals surface area contributed by atoms with Crippen molar-refractivity contribution in [2.24, 2.45) is 0 Å². The largest absolute Gasteiger partial charge is 0.496 e. The van der Waals surface area contributed by atoms with Crippen LogP contribution in [-0.4, -0.2) is 18.2 Å². The van der Waals surface area contributed by atoms with Crippen LogP contribution in [0.25, 0.3) is 0 Å². The zero-order valence-electron chi connectivity index (χ0n) is 11.7. The molecule has 0 unspecified atom stereocenters. The fourth-order valence-electron chi connectivity index (χ4n) is 1.90. The smallest absolute Gasteiger partial charge is 0.344 e. The lowest BCUT2D eigenvalue weighted by molar-refractivity contribution is 0.0470. The predicted octanol–water partition coefficient (Wildman–Crippen LogP) is 2.13. The zero-order valence-corrected chi connectivity index (χ0v) is 11.7. The van der Waals surface area contributed by atoms with Crippen LogP contribution in [0.15, 0.2) is 42.5 Å². The molecule has 0 aromatic heterocycles. The highest BCUT2D eigenvalue weighted by atomic mass is 16.5. The van der Waals surface area contributed by atoms with E-state index in [9.17, 15) is 4.79 Å². The van der Waals surface area contributed by atoms with Gasteiger partial charge < -0.3 is 20.3 Å². The first-order chi connectivity index (χ1) is 10.2. The molecule has 0 saturated carbocycles. The third-order valence-corrected chi connectivity index (χ3v) is 3.06. The van der Waals surface area contributed by atoms with E-state index < -0.39 is 5.97 Å². The number of carbonyl (C=O) groups is 1. The topological polar surface area (TPSA) is 81.8 Å². The maximum atomic E-state index is 12.1. The molecule has 0 heterocycles. The highest BCUT2D eigenvalue weighted by Crippen LogP contribution is 2.25. The van der Waals surface area contributed by atoms with Gasteiger partial charge in [-0.2, -0.15) is 0 Å². The standard InChI is InChI=1S/C16H17NO4/c1-20-14-4-2-3-13(17)15(14)16(19)21-10-12-7-5-11(9-18)6-8-12/h2-8,18H,9-10,17H2,1H3.